The molecule has 0 bridgehead atoms. The van der Waals surface area contributed by atoms with Crippen molar-refractivity contribution in [1.29, 1.82) is 0 Å². The first kappa shape index (κ1) is 31.1. The second kappa shape index (κ2) is 14.4. The first-order chi connectivity index (χ1) is 15.3. The fourth-order valence-corrected chi connectivity index (χ4v) is 3.01. The molecule has 0 heterocycles. The Morgan fingerprint density at radius 1 is 0.788 bits per heavy atom. The van der Waals surface area contributed by atoms with E-state index in [9.17, 15) is 4.79 Å². The molecule has 0 saturated heterocycles. The van der Waals surface area contributed by atoms with Crippen molar-refractivity contribution in [1.82, 2.24) is 0 Å². The Bertz CT molecular complexity index is 792. The molecule has 3 rings (SSSR count). The molecule has 0 aliphatic heterocycles. The summed E-state index contributed by atoms with van der Waals surface area (Å²) in [6, 6.07) is 13.1. The number of rotatable bonds is 3. The van der Waals surface area contributed by atoms with E-state index in [4.69, 9.17) is 0 Å². The van der Waals surface area contributed by atoms with Crippen molar-refractivity contribution in [3.63, 3.8) is 0 Å². The SMILES string of the molecule is C1CC1.CC.CCc1cc(C(C)(C)C)cc(C(C)(C)C)c1.Cc1cc(C=O)cc(C(C)C)c1. The molecule has 1 saturated carbocycles. The van der Waals surface area contributed by atoms with E-state index in [1.807, 2.05) is 32.9 Å². The van der Waals surface area contributed by atoms with Gasteiger partial charge in [-0.05, 0) is 64.5 Å². The Kier molecular flexibility index (Phi) is 13.6. The first-order valence-electron chi connectivity index (χ1n) is 13.0. The number of benzene rings is 2. The number of aldehydes is 1. The van der Waals surface area contributed by atoms with Gasteiger partial charge >= 0.3 is 0 Å². The van der Waals surface area contributed by atoms with Crippen molar-refractivity contribution in [3.05, 3.63) is 69.8 Å². The van der Waals surface area contributed by atoms with Gasteiger partial charge in [0, 0.05) is 5.56 Å². The lowest BCUT2D eigenvalue weighted by atomic mass is 9.79. The third-order valence-electron chi connectivity index (χ3n) is 5.41. The maximum absolute atomic E-state index is 10.5. The highest BCUT2D eigenvalue weighted by Crippen LogP contribution is 2.30. The molecule has 2 aromatic rings. The summed E-state index contributed by atoms with van der Waals surface area (Å²) in [5, 5.41) is 0. The van der Waals surface area contributed by atoms with E-state index in [-0.39, 0.29) is 10.8 Å². The van der Waals surface area contributed by atoms with E-state index < -0.39 is 0 Å². The lowest BCUT2D eigenvalue weighted by Crippen LogP contribution is -2.16. The molecule has 0 aromatic heterocycles. The molecule has 1 fully saturated rings. The standard InChI is InChI=1S/C16H26.C11H14O.C3H6.C2H6/c1-8-12-9-13(15(2,3)4)11-14(10-12)16(5,6)7;1-8(2)11-5-9(3)4-10(6-11)7-12;1-2-3-1;1-2/h9-11H,8H2,1-7H3;4-8H,1-3H3;1-3H2;1-2H3. The highest BCUT2D eigenvalue weighted by molar-refractivity contribution is 5.75. The Morgan fingerprint density at radius 2 is 1.24 bits per heavy atom. The molecular weight excluding hydrogens is 400 g/mol. The van der Waals surface area contributed by atoms with Crippen LogP contribution >= 0.6 is 0 Å². The molecule has 2 aromatic carbocycles. The van der Waals surface area contributed by atoms with Crippen LogP contribution in [0.1, 0.15) is 140 Å². The van der Waals surface area contributed by atoms with Gasteiger partial charge in [-0.2, -0.15) is 0 Å². The molecule has 0 unspecified atom stereocenters. The molecule has 0 radical (unpaired) electrons. The van der Waals surface area contributed by atoms with Gasteiger partial charge in [0.05, 0.1) is 0 Å². The Balaban J connectivity index is 0.000000526. The Hall–Kier alpha value is -1.89. The summed E-state index contributed by atoms with van der Waals surface area (Å²) in [4.78, 5) is 10.5. The Morgan fingerprint density at radius 3 is 1.55 bits per heavy atom. The van der Waals surface area contributed by atoms with Crippen LogP contribution in [0.15, 0.2) is 36.4 Å². The second-order valence-electron chi connectivity index (χ2n) is 11.3. The summed E-state index contributed by atoms with van der Waals surface area (Å²) >= 11 is 0. The maximum atomic E-state index is 10.5. The van der Waals surface area contributed by atoms with Crippen LogP contribution in [0.3, 0.4) is 0 Å². The number of aryl methyl sites for hydroxylation is 2. The van der Waals surface area contributed by atoms with Gasteiger partial charge in [-0.25, -0.2) is 0 Å². The maximum Gasteiger partial charge on any atom is 0.150 e. The van der Waals surface area contributed by atoms with E-state index in [0.717, 1.165) is 23.8 Å². The zero-order valence-corrected chi connectivity index (χ0v) is 23.9. The molecule has 0 atom stereocenters. The number of carbonyl (C=O) groups is 1. The molecular formula is C32H52O. The largest absolute Gasteiger partial charge is 0.298 e. The van der Waals surface area contributed by atoms with Crippen LogP contribution < -0.4 is 0 Å². The second-order valence-corrected chi connectivity index (χ2v) is 11.3. The van der Waals surface area contributed by atoms with Crippen molar-refractivity contribution >= 4 is 6.29 Å². The van der Waals surface area contributed by atoms with Crippen molar-refractivity contribution in [2.24, 2.45) is 0 Å². The van der Waals surface area contributed by atoms with Gasteiger partial charge in [-0.1, -0.05) is 125 Å². The zero-order valence-electron chi connectivity index (χ0n) is 23.9. The van der Waals surface area contributed by atoms with Crippen LogP contribution in [0.25, 0.3) is 0 Å². The molecule has 0 spiro atoms. The van der Waals surface area contributed by atoms with Crippen molar-refractivity contribution in [2.45, 2.75) is 126 Å². The van der Waals surface area contributed by atoms with Crippen molar-refractivity contribution in [3.8, 4) is 0 Å². The van der Waals surface area contributed by atoms with Crippen LogP contribution in [0.2, 0.25) is 0 Å². The van der Waals surface area contributed by atoms with Crippen LogP contribution in [-0.2, 0) is 17.3 Å². The normalized spacial score (nSPS) is 12.4. The minimum Gasteiger partial charge on any atom is -0.298 e. The van der Waals surface area contributed by atoms with E-state index in [2.05, 4.69) is 86.6 Å². The average molecular weight is 453 g/mol. The molecule has 1 heteroatoms. The third-order valence-corrected chi connectivity index (χ3v) is 5.41. The summed E-state index contributed by atoms with van der Waals surface area (Å²) in [6.07, 6.45) is 6.52. The van der Waals surface area contributed by atoms with E-state index >= 15 is 0 Å². The van der Waals surface area contributed by atoms with Gasteiger partial charge in [0.25, 0.3) is 0 Å². The summed E-state index contributed by atoms with van der Waals surface area (Å²) in [6.45, 7) is 26.2. The van der Waals surface area contributed by atoms with Crippen molar-refractivity contribution < 1.29 is 4.79 Å². The van der Waals surface area contributed by atoms with Crippen LogP contribution in [0.4, 0.5) is 0 Å². The summed E-state index contributed by atoms with van der Waals surface area (Å²) < 4.78 is 0. The number of carbonyl (C=O) groups excluding carboxylic acids is 1. The molecule has 1 nitrogen and oxygen atoms in total. The van der Waals surface area contributed by atoms with Crippen LogP contribution in [0.5, 0.6) is 0 Å². The monoisotopic (exact) mass is 452 g/mol. The highest BCUT2D eigenvalue weighted by atomic mass is 16.1. The first-order valence-corrected chi connectivity index (χ1v) is 13.0. The van der Waals surface area contributed by atoms with E-state index in [1.54, 1.807) is 0 Å². The predicted molar refractivity (Wildman–Crippen MR) is 149 cm³/mol. The lowest BCUT2D eigenvalue weighted by molar-refractivity contribution is 0.112. The molecule has 186 valence electrons. The Labute approximate surface area is 206 Å². The fourth-order valence-electron chi connectivity index (χ4n) is 3.01. The molecule has 33 heavy (non-hydrogen) atoms. The van der Waals surface area contributed by atoms with Crippen LogP contribution in [0, 0.1) is 6.92 Å². The highest BCUT2D eigenvalue weighted by Gasteiger charge is 2.19. The van der Waals surface area contributed by atoms with E-state index in [1.165, 1.54) is 41.5 Å². The minimum absolute atomic E-state index is 0.241. The number of hydrogen-bond acceptors (Lipinski definition) is 1. The predicted octanol–water partition coefficient (Wildman–Crippen LogP) is 9.97. The molecule has 0 N–H and O–H groups in total. The number of hydrogen-bond donors (Lipinski definition) is 0. The molecule has 1 aliphatic carbocycles. The topological polar surface area (TPSA) is 17.1 Å². The van der Waals surface area contributed by atoms with Crippen LogP contribution in [-0.4, -0.2) is 6.29 Å². The quantitative estimate of drug-likeness (QED) is 0.423. The minimum atomic E-state index is 0.241. The smallest absolute Gasteiger partial charge is 0.150 e. The van der Waals surface area contributed by atoms with Gasteiger partial charge in [0.15, 0.2) is 0 Å². The zero-order chi connectivity index (χ0) is 25.8. The van der Waals surface area contributed by atoms with Gasteiger partial charge in [0.2, 0.25) is 0 Å². The third kappa shape index (κ3) is 12.8. The molecule has 1 aliphatic rings. The van der Waals surface area contributed by atoms with Gasteiger partial charge in [-0.15, -0.1) is 0 Å². The van der Waals surface area contributed by atoms with Gasteiger partial charge in [-0.3, -0.25) is 4.79 Å². The lowest BCUT2D eigenvalue weighted by Gasteiger charge is -2.26. The molecule has 0 amide bonds. The van der Waals surface area contributed by atoms with Gasteiger partial charge < -0.3 is 0 Å². The van der Waals surface area contributed by atoms with Crippen molar-refractivity contribution in [2.75, 3.05) is 0 Å². The summed E-state index contributed by atoms with van der Waals surface area (Å²) in [5.74, 6) is 0.489. The van der Waals surface area contributed by atoms with E-state index in [0.29, 0.717) is 5.92 Å². The fraction of sp³-hybridized carbons (Fsp3) is 0.594. The van der Waals surface area contributed by atoms with Gasteiger partial charge in [0.1, 0.15) is 6.29 Å². The summed E-state index contributed by atoms with van der Waals surface area (Å²) in [5.41, 5.74) is 8.01. The average Bonchev–Trinajstić information content (AvgIpc) is 3.63. The summed E-state index contributed by atoms with van der Waals surface area (Å²) in [7, 11) is 0.